The number of nitrogens with zero attached hydrogens (tertiary/aromatic N) is 1. The summed E-state index contributed by atoms with van der Waals surface area (Å²) in [6.07, 6.45) is 0. The van der Waals surface area contributed by atoms with Crippen molar-refractivity contribution in [2.75, 3.05) is 0 Å². The van der Waals surface area contributed by atoms with E-state index in [1.807, 2.05) is 0 Å². The highest BCUT2D eigenvalue weighted by Crippen LogP contribution is 2.46. The maximum absolute atomic E-state index is 2.44. The van der Waals surface area contributed by atoms with E-state index in [0.29, 0.717) is 0 Å². The molecule has 12 rings (SSSR count). The molecule has 0 amide bonds. The summed E-state index contributed by atoms with van der Waals surface area (Å²) in [5.74, 6) is 0. The standard InChI is InChI=1S/C54H33N/c1-2-15-35(16-3-1)55-50-29-11-10-23-48(50)52-43(28-14-30-51(52)55)41-27-13-25-37-36(24-12-26-38(37)41)34-31-32-47-49(33-34)42-19-6-9-22-46(42)53-44-20-7-4-17-39(44)40-18-5-8-21-45(40)54(47)53/h1-33H. The molecular formula is C54H33N. The fourth-order valence-corrected chi connectivity index (χ4v) is 9.69. The Balaban J connectivity index is 1.12. The van der Waals surface area contributed by atoms with Gasteiger partial charge in [-0.15, -0.1) is 0 Å². The van der Waals surface area contributed by atoms with Gasteiger partial charge in [-0.05, 0) is 117 Å². The molecule has 55 heavy (non-hydrogen) atoms. The molecule has 1 aromatic heterocycles. The number of para-hydroxylation sites is 2. The van der Waals surface area contributed by atoms with Crippen LogP contribution in [0.15, 0.2) is 200 Å². The van der Waals surface area contributed by atoms with E-state index in [4.69, 9.17) is 0 Å². The molecule has 0 bridgehead atoms. The summed E-state index contributed by atoms with van der Waals surface area (Å²) in [4.78, 5) is 0. The van der Waals surface area contributed by atoms with E-state index in [-0.39, 0.29) is 0 Å². The van der Waals surface area contributed by atoms with Crippen molar-refractivity contribution in [2.45, 2.75) is 0 Å². The first kappa shape index (κ1) is 30.3. The van der Waals surface area contributed by atoms with Gasteiger partial charge >= 0.3 is 0 Å². The first-order valence-corrected chi connectivity index (χ1v) is 19.1. The summed E-state index contributed by atoms with van der Waals surface area (Å²) in [5.41, 5.74) is 8.57. The van der Waals surface area contributed by atoms with Crippen molar-refractivity contribution in [1.82, 2.24) is 4.57 Å². The Morgan fingerprint density at radius 3 is 1.36 bits per heavy atom. The number of rotatable bonds is 3. The molecule has 0 spiro atoms. The average Bonchev–Trinajstić information content (AvgIpc) is 3.60. The SMILES string of the molecule is c1ccc(-n2c3ccccc3c3c(-c4cccc5c(-c6ccc7c(c6)c6ccccc6c6c8ccccc8c8ccccc8c76)cccc45)cccc32)cc1. The second-order valence-electron chi connectivity index (χ2n) is 14.7. The second-order valence-corrected chi connectivity index (χ2v) is 14.7. The smallest absolute Gasteiger partial charge is 0.0547 e. The van der Waals surface area contributed by atoms with Crippen molar-refractivity contribution in [2.24, 2.45) is 0 Å². The molecule has 11 aromatic carbocycles. The van der Waals surface area contributed by atoms with E-state index in [1.54, 1.807) is 0 Å². The molecule has 0 aliphatic rings. The van der Waals surface area contributed by atoms with Gasteiger partial charge in [-0.25, -0.2) is 0 Å². The Morgan fingerprint density at radius 1 is 0.236 bits per heavy atom. The van der Waals surface area contributed by atoms with Gasteiger partial charge in [0.15, 0.2) is 0 Å². The van der Waals surface area contributed by atoms with Crippen LogP contribution in [-0.2, 0) is 0 Å². The van der Waals surface area contributed by atoms with Crippen molar-refractivity contribution in [3.8, 4) is 27.9 Å². The number of hydrogen-bond acceptors (Lipinski definition) is 0. The topological polar surface area (TPSA) is 4.93 Å². The van der Waals surface area contributed by atoms with Crippen LogP contribution in [0.3, 0.4) is 0 Å². The molecule has 0 atom stereocenters. The third kappa shape index (κ3) is 4.30. The summed E-state index contributed by atoms with van der Waals surface area (Å²) in [6, 6.07) is 73.9. The fraction of sp³-hybridized carbons (Fsp3) is 0. The predicted octanol–water partition coefficient (Wildman–Crippen LogP) is 15.0. The van der Waals surface area contributed by atoms with Gasteiger partial charge in [0, 0.05) is 16.5 Å². The van der Waals surface area contributed by atoms with Crippen LogP contribution >= 0.6 is 0 Å². The molecule has 1 heteroatoms. The van der Waals surface area contributed by atoms with Gasteiger partial charge in [0.25, 0.3) is 0 Å². The van der Waals surface area contributed by atoms with E-state index in [9.17, 15) is 0 Å². The quantitative estimate of drug-likeness (QED) is 0.162. The lowest BCUT2D eigenvalue weighted by molar-refractivity contribution is 1.18. The zero-order valence-corrected chi connectivity index (χ0v) is 30.0. The number of aromatic nitrogens is 1. The molecule has 0 unspecified atom stereocenters. The molecule has 0 fully saturated rings. The van der Waals surface area contributed by atoms with E-state index in [0.717, 1.165) is 0 Å². The highest BCUT2D eigenvalue weighted by molar-refractivity contribution is 6.39. The van der Waals surface area contributed by atoms with E-state index in [1.165, 1.54) is 114 Å². The first-order chi connectivity index (χ1) is 27.3. The molecule has 12 aromatic rings. The van der Waals surface area contributed by atoms with E-state index >= 15 is 0 Å². The Morgan fingerprint density at radius 2 is 0.691 bits per heavy atom. The van der Waals surface area contributed by atoms with Crippen LogP contribution in [0.2, 0.25) is 0 Å². The molecule has 0 aliphatic heterocycles. The largest absolute Gasteiger partial charge is 0.309 e. The highest BCUT2D eigenvalue weighted by Gasteiger charge is 2.19. The van der Waals surface area contributed by atoms with Crippen LogP contribution in [0.4, 0.5) is 0 Å². The molecule has 254 valence electrons. The maximum atomic E-state index is 2.44. The minimum absolute atomic E-state index is 1.17. The zero-order chi connectivity index (χ0) is 36.0. The summed E-state index contributed by atoms with van der Waals surface area (Å²) in [7, 11) is 0. The Hall–Kier alpha value is -7.22. The molecule has 0 N–H and O–H groups in total. The van der Waals surface area contributed by atoms with Gasteiger partial charge < -0.3 is 4.57 Å². The van der Waals surface area contributed by atoms with Gasteiger partial charge in [-0.3, -0.25) is 0 Å². The Kier molecular flexibility index (Phi) is 6.40. The second kappa shape index (κ2) is 11.6. The number of benzene rings is 11. The van der Waals surface area contributed by atoms with Gasteiger partial charge in [0.1, 0.15) is 0 Å². The van der Waals surface area contributed by atoms with Crippen LogP contribution in [-0.4, -0.2) is 4.57 Å². The molecular weight excluding hydrogens is 663 g/mol. The lowest BCUT2D eigenvalue weighted by Crippen LogP contribution is -1.93. The van der Waals surface area contributed by atoms with Crippen LogP contribution in [0.5, 0.6) is 0 Å². The average molecular weight is 696 g/mol. The maximum Gasteiger partial charge on any atom is 0.0547 e. The van der Waals surface area contributed by atoms with Gasteiger partial charge in [-0.1, -0.05) is 170 Å². The predicted molar refractivity (Wildman–Crippen MR) is 237 cm³/mol. The van der Waals surface area contributed by atoms with Crippen molar-refractivity contribution in [3.05, 3.63) is 200 Å². The third-order valence-corrected chi connectivity index (χ3v) is 11.9. The van der Waals surface area contributed by atoms with Crippen molar-refractivity contribution >= 4 is 86.4 Å². The van der Waals surface area contributed by atoms with Gasteiger partial charge in [-0.2, -0.15) is 0 Å². The third-order valence-electron chi connectivity index (χ3n) is 11.9. The monoisotopic (exact) mass is 695 g/mol. The summed E-state index contributed by atoms with van der Waals surface area (Å²) in [5, 5.41) is 18.1. The fourth-order valence-electron chi connectivity index (χ4n) is 9.69. The van der Waals surface area contributed by atoms with Crippen LogP contribution in [0, 0.1) is 0 Å². The van der Waals surface area contributed by atoms with Crippen molar-refractivity contribution in [3.63, 3.8) is 0 Å². The Bertz CT molecular complexity index is 3530. The Labute approximate surface area is 317 Å². The lowest BCUT2D eigenvalue weighted by atomic mass is 9.86. The van der Waals surface area contributed by atoms with Crippen molar-refractivity contribution < 1.29 is 0 Å². The summed E-state index contributed by atoms with van der Waals surface area (Å²) >= 11 is 0. The van der Waals surface area contributed by atoms with E-state index < -0.39 is 0 Å². The lowest BCUT2D eigenvalue weighted by Gasteiger charge is -2.17. The van der Waals surface area contributed by atoms with Crippen LogP contribution in [0.1, 0.15) is 0 Å². The van der Waals surface area contributed by atoms with Gasteiger partial charge in [0.2, 0.25) is 0 Å². The molecule has 0 aliphatic carbocycles. The zero-order valence-electron chi connectivity index (χ0n) is 30.0. The molecule has 1 heterocycles. The minimum atomic E-state index is 1.17. The van der Waals surface area contributed by atoms with Crippen LogP contribution in [0.25, 0.3) is 114 Å². The van der Waals surface area contributed by atoms with E-state index in [2.05, 4.69) is 205 Å². The van der Waals surface area contributed by atoms with Gasteiger partial charge in [0.05, 0.1) is 11.0 Å². The number of hydrogen-bond donors (Lipinski definition) is 0. The highest BCUT2D eigenvalue weighted by atomic mass is 15.0. The molecule has 0 saturated carbocycles. The summed E-state index contributed by atoms with van der Waals surface area (Å²) in [6.45, 7) is 0. The minimum Gasteiger partial charge on any atom is -0.309 e. The molecule has 0 saturated heterocycles. The van der Waals surface area contributed by atoms with Crippen molar-refractivity contribution in [1.29, 1.82) is 0 Å². The first-order valence-electron chi connectivity index (χ1n) is 19.1. The van der Waals surface area contributed by atoms with Crippen LogP contribution < -0.4 is 0 Å². The number of fused-ring (bicyclic) bond motifs is 15. The summed E-state index contributed by atoms with van der Waals surface area (Å²) < 4.78 is 2.40. The normalized spacial score (nSPS) is 12.0. The molecule has 0 radical (unpaired) electrons. The molecule has 1 nitrogen and oxygen atoms in total.